The van der Waals surface area contributed by atoms with Gasteiger partial charge in [0.25, 0.3) is 0 Å². The van der Waals surface area contributed by atoms with Crippen molar-refractivity contribution in [2.45, 2.75) is 31.3 Å². The lowest BCUT2D eigenvalue weighted by Crippen LogP contribution is -2.50. The summed E-state index contributed by atoms with van der Waals surface area (Å²) in [5.74, 6) is -1.10. The van der Waals surface area contributed by atoms with E-state index in [0.717, 1.165) is 10.9 Å². The van der Waals surface area contributed by atoms with E-state index in [9.17, 15) is 14.4 Å². The summed E-state index contributed by atoms with van der Waals surface area (Å²) in [6.07, 6.45) is 0.948. The number of methoxy groups -OCH3 is 1. The van der Waals surface area contributed by atoms with Crippen LogP contribution >= 0.6 is 0 Å². The molecule has 1 aromatic heterocycles. The van der Waals surface area contributed by atoms with Crippen LogP contribution in [0.25, 0.3) is 10.9 Å². The van der Waals surface area contributed by atoms with E-state index in [1.54, 1.807) is 0 Å². The molecule has 3 rings (SSSR count). The number of aromatic nitrogens is 1. The van der Waals surface area contributed by atoms with Gasteiger partial charge in [-0.25, -0.2) is 4.79 Å². The van der Waals surface area contributed by atoms with Gasteiger partial charge in [0.05, 0.1) is 12.6 Å². The highest BCUT2D eigenvalue weighted by atomic mass is 16.5. The average molecular weight is 341 g/mol. The number of benzene rings is 1. The predicted molar refractivity (Wildman–Crippen MR) is 90.6 cm³/mol. The van der Waals surface area contributed by atoms with Gasteiger partial charge in [0.15, 0.2) is 0 Å². The first kappa shape index (κ1) is 16.9. The van der Waals surface area contributed by atoms with Gasteiger partial charge in [0.2, 0.25) is 11.8 Å². The minimum Gasteiger partial charge on any atom is -0.467 e. The van der Waals surface area contributed by atoms with Crippen LogP contribution in [0.1, 0.15) is 18.5 Å². The van der Waals surface area contributed by atoms with E-state index in [2.05, 4.69) is 15.6 Å². The summed E-state index contributed by atoms with van der Waals surface area (Å²) in [5.41, 5.74) is 1.49. The third kappa shape index (κ3) is 3.93. The Labute approximate surface area is 144 Å². The Morgan fingerprint density at radius 3 is 2.84 bits per heavy atom. The summed E-state index contributed by atoms with van der Waals surface area (Å²) in [6, 6.07) is 9.94. The highest BCUT2D eigenvalue weighted by molar-refractivity contribution is 5.93. The molecule has 25 heavy (non-hydrogen) atoms. The molecule has 7 nitrogen and oxygen atoms in total. The molecular formula is C18H19N3O4. The van der Waals surface area contributed by atoms with Crippen LogP contribution in [0, 0.1) is 0 Å². The molecule has 1 aliphatic rings. The maximum absolute atomic E-state index is 12.3. The lowest BCUT2D eigenvalue weighted by Gasteiger charge is -2.19. The summed E-state index contributed by atoms with van der Waals surface area (Å²) in [7, 11) is 1.27. The van der Waals surface area contributed by atoms with Crippen molar-refractivity contribution < 1.29 is 19.1 Å². The molecule has 2 atom stereocenters. The van der Waals surface area contributed by atoms with Crippen LogP contribution in [-0.4, -0.2) is 42.0 Å². The third-order valence-corrected chi connectivity index (χ3v) is 4.18. The summed E-state index contributed by atoms with van der Waals surface area (Å²) < 4.78 is 4.79. The number of para-hydroxylation sites is 1. The Bertz CT molecular complexity index is 821. The number of fused-ring (bicyclic) bond motifs is 1. The van der Waals surface area contributed by atoms with Crippen molar-refractivity contribution in [3.63, 3.8) is 0 Å². The van der Waals surface area contributed by atoms with Gasteiger partial charge in [-0.05, 0) is 18.6 Å². The SMILES string of the molecule is COC(=O)[C@@H](Cc1ccc2ccccc2n1)NC(=O)[C@@H]1CCC(=O)N1. The zero-order valence-electron chi connectivity index (χ0n) is 13.8. The standard InChI is InChI=1S/C18H19N3O4/c1-25-18(24)15(21-17(23)14-8-9-16(22)20-14)10-12-7-6-11-4-2-3-5-13(11)19-12/h2-7,14-15H,8-10H2,1H3,(H,20,22)(H,21,23)/t14-,15+/m0/s1. The summed E-state index contributed by atoms with van der Waals surface area (Å²) in [6.45, 7) is 0. The second-order valence-corrected chi connectivity index (χ2v) is 5.94. The molecule has 7 heteroatoms. The molecule has 2 N–H and O–H groups in total. The van der Waals surface area contributed by atoms with Crippen molar-refractivity contribution >= 4 is 28.7 Å². The van der Waals surface area contributed by atoms with Crippen molar-refractivity contribution in [3.8, 4) is 0 Å². The van der Waals surface area contributed by atoms with E-state index in [1.165, 1.54) is 7.11 Å². The third-order valence-electron chi connectivity index (χ3n) is 4.18. The lowest BCUT2D eigenvalue weighted by atomic mass is 10.1. The van der Waals surface area contributed by atoms with E-state index in [0.29, 0.717) is 18.5 Å². The Balaban J connectivity index is 1.74. The van der Waals surface area contributed by atoms with Crippen molar-refractivity contribution in [3.05, 3.63) is 42.1 Å². The van der Waals surface area contributed by atoms with Gasteiger partial charge < -0.3 is 15.4 Å². The Morgan fingerprint density at radius 2 is 2.12 bits per heavy atom. The fourth-order valence-electron chi connectivity index (χ4n) is 2.85. The van der Waals surface area contributed by atoms with Gasteiger partial charge in [0, 0.05) is 23.9 Å². The van der Waals surface area contributed by atoms with Crippen LogP contribution in [0.15, 0.2) is 36.4 Å². The van der Waals surface area contributed by atoms with E-state index in [1.807, 2.05) is 36.4 Å². The molecule has 0 radical (unpaired) electrons. The molecule has 1 aromatic carbocycles. The van der Waals surface area contributed by atoms with Crippen LogP contribution in [0.3, 0.4) is 0 Å². The Morgan fingerprint density at radius 1 is 1.32 bits per heavy atom. The molecule has 2 heterocycles. The van der Waals surface area contributed by atoms with Crippen LogP contribution in [0.4, 0.5) is 0 Å². The second-order valence-electron chi connectivity index (χ2n) is 5.94. The maximum Gasteiger partial charge on any atom is 0.328 e. The molecule has 1 fully saturated rings. The van der Waals surface area contributed by atoms with Gasteiger partial charge in [-0.1, -0.05) is 24.3 Å². The largest absolute Gasteiger partial charge is 0.467 e. The smallest absolute Gasteiger partial charge is 0.328 e. The first-order chi connectivity index (χ1) is 12.1. The number of esters is 1. The minimum atomic E-state index is -0.858. The highest BCUT2D eigenvalue weighted by Crippen LogP contribution is 2.14. The minimum absolute atomic E-state index is 0.161. The topological polar surface area (TPSA) is 97.4 Å². The predicted octanol–water partition coefficient (Wildman–Crippen LogP) is 0.714. The van der Waals surface area contributed by atoms with E-state index < -0.39 is 18.1 Å². The normalized spacial score (nSPS) is 17.8. The van der Waals surface area contributed by atoms with E-state index in [-0.39, 0.29) is 18.2 Å². The number of pyridine rings is 1. The van der Waals surface area contributed by atoms with Crippen LogP contribution in [0.5, 0.6) is 0 Å². The molecule has 1 saturated heterocycles. The molecule has 130 valence electrons. The number of rotatable bonds is 5. The van der Waals surface area contributed by atoms with E-state index in [4.69, 9.17) is 4.74 Å². The first-order valence-electron chi connectivity index (χ1n) is 8.09. The Kier molecular flexibility index (Phi) is 4.92. The highest BCUT2D eigenvalue weighted by Gasteiger charge is 2.31. The van der Waals surface area contributed by atoms with Gasteiger partial charge >= 0.3 is 5.97 Å². The molecule has 0 saturated carbocycles. The average Bonchev–Trinajstić information content (AvgIpc) is 3.07. The number of nitrogens with zero attached hydrogens (tertiary/aromatic N) is 1. The number of amides is 2. The molecular weight excluding hydrogens is 322 g/mol. The number of hydrogen-bond acceptors (Lipinski definition) is 5. The van der Waals surface area contributed by atoms with Gasteiger partial charge in [0.1, 0.15) is 12.1 Å². The number of nitrogens with one attached hydrogen (secondary N) is 2. The number of ether oxygens (including phenoxy) is 1. The zero-order valence-corrected chi connectivity index (χ0v) is 13.8. The van der Waals surface area contributed by atoms with E-state index >= 15 is 0 Å². The number of carbonyl (C=O) groups excluding carboxylic acids is 3. The number of carbonyl (C=O) groups is 3. The molecule has 0 bridgehead atoms. The van der Waals surface area contributed by atoms with Gasteiger partial charge in [-0.15, -0.1) is 0 Å². The van der Waals surface area contributed by atoms with Crippen molar-refractivity contribution in [1.82, 2.24) is 15.6 Å². The molecule has 1 aliphatic heterocycles. The molecule has 0 spiro atoms. The second kappa shape index (κ2) is 7.29. The van der Waals surface area contributed by atoms with Crippen LogP contribution < -0.4 is 10.6 Å². The number of hydrogen-bond donors (Lipinski definition) is 2. The van der Waals surface area contributed by atoms with Crippen LogP contribution in [0.2, 0.25) is 0 Å². The van der Waals surface area contributed by atoms with Gasteiger partial charge in [-0.2, -0.15) is 0 Å². The fourth-order valence-corrected chi connectivity index (χ4v) is 2.85. The van der Waals surface area contributed by atoms with Crippen molar-refractivity contribution in [2.75, 3.05) is 7.11 Å². The Hall–Kier alpha value is -2.96. The summed E-state index contributed by atoms with van der Waals surface area (Å²) in [4.78, 5) is 40.1. The fraction of sp³-hybridized carbons (Fsp3) is 0.333. The molecule has 0 unspecified atom stereocenters. The summed E-state index contributed by atoms with van der Waals surface area (Å²) >= 11 is 0. The van der Waals surface area contributed by atoms with Crippen molar-refractivity contribution in [1.29, 1.82) is 0 Å². The molecule has 2 aromatic rings. The quantitative estimate of drug-likeness (QED) is 0.781. The van der Waals surface area contributed by atoms with Gasteiger partial charge in [-0.3, -0.25) is 14.6 Å². The monoisotopic (exact) mass is 341 g/mol. The zero-order chi connectivity index (χ0) is 17.8. The lowest BCUT2D eigenvalue weighted by molar-refractivity contribution is -0.145. The first-order valence-corrected chi connectivity index (χ1v) is 8.09. The maximum atomic E-state index is 12.3. The molecule has 2 amide bonds. The molecule has 0 aliphatic carbocycles. The van der Waals surface area contributed by atoms with Crippen LogP contribution in [-0.2, 0) is 25.5 Å². The van der Waals surface area contributed by atoms with Crippen molar-refractivity contribution in [2.24, 2.45) is 0 Å². The summed E-state index contributed by atoms with van der Waals surface area (Å²) in [5, 5.41) is 6.24.